The minimum Gasteiger partial charge on any atom is -0.493 e. The Kier molecular flexibility index (Phi) is 6.23. The van der Waals surface area contributed by atoms with Crippen LogP contribution in [0.5, 0.6) is 5.88 Å². The molecule has 2 aliphatic rings. The number of amides is 2. The van der Waals surface area contributed by atoms with Crippen LogP contribution in [0.2, 0.25) is 5.02 Å². The van der Waals surface area contributed by atoms with Gasteiger partial charge in [-0.05, 0) is 37.1 Å². The SMILES string of the molecule is COC(=O)C(=O)C1(c2nc3n(c2O)C(=NC(=O)Nc2ccc(Cl)cc2)N=N3)CCCCCC1. The summed E-state index contributed by atoms with van der Waals surface area (Å²) >= 11 is 5.84. The van der Waals surface area contributed by atoms with Gasteiger partial charge in [-0.1, -0.05) is 37.3 Å². The summed E-state index contributed by atoms with van der Waals surface area (Å²) in [5.74, 6) is -2.46. The smallest absolute Gasteiger partial charge is 0.375 e. The third-order valence-electron chi connectivity index (χ3n) is 5.78. The Hall–Kier alpha value is -3.60. The average Bonchev–Trinajstić information content (AvgIpc) is 3.24. The van der Waals surface area contributed by atoms with Crippen LogP contribution >= 0.6 is 11.6 Å². The van der Waals surface area contributed by atoms with Gasteiger partial charge in [0, 0.05) is 10.7 Å². The number of esters is 1. The van der Waals surface area contributed by atoms with Crippen LogP contribution in [0.15, 0.2) is 39.5 Å². The van der Waals surface area contributed by atoms with E-state index < -0.39 is 29.1 Å². The molecule has 0 radical (unpaired) electrons. The number of halogens is 1. The van der Waals surface area contributed by atoms with Crippen LogP contribution in [0, 0.1) is 0 Å². The van der Waals surface area contributed by atoms with Crippen LogP contribution in [0.25, 0.3) is 0 Å². The van der Waals surface area contributed by atoms with E-state index >= 15 is 0 Å². The highest BCUT2D eigenvalue weighted by Gasteiger charge is 2.49. The molecule has 2 N–H and O–H groups in total. The number of benzene rings is 1. The van der Waals surface area contributed by atoms with Crippen molar-refractivity contribution >= 4 is 47.0 Å². The number of hydrogen-bond donors (Lipinski definition) is 2. The molecular weight excluding hydrogens is 452 g/mol. The van der Waals surface area contributed by atoms with Crippen molar-refractivity contribution in [3.63, 3.8) is 0 Å². The fourth-order valence-corrected chi connectivity index (χ4v) is 4.27. The number of anilines is 1. The number of nitrogens with zero attached hydrogens (tertiary/aromatic N) is 5. The molecule has 1 fully saturated rings. The van der Waals surface area contributed by atoms with Gasteiger partial charge in [0.05, 0.1) is 12.5 Å². The molecule has 0 spiro atoms. The third kappa shape index (κ3) is 4.23. The number of methoxy groups -OCH3 is 1. The molecule has 1 aliphatic carbocycles. The molecule has 2 aromatic rings. The normalized spacial score (nSPS) is 17.9. The molecular formula is C21H21ClN6O5. The zero-order chi connectivity index (χ0) is 23.6. The molecule has 1 aromatic carbocycles. The van der Waals surface area contributed by atoms with Crippen LogP contribution in [0.4, 0.5) is 16.4 Å². The molecule has 12 heteroatoms. The molecule has 0 bridgehead atoms. The number of ketones is 1. The Morgan fingerprint density at radius 2 is 1.79 bits per heavy atom. The largest absolute Gasteiger partial charge is 0.493 e. The number of hydrogen-bond acceptors (Lipinski definition) is 7. The molecule has 1 saturated carbocycles. The maximum atomic E-state index is 13.1. The first-order chi connectivity index (χ1) is 15.9. The Bertz CT molecular complexity index is 1160. The molecule has 172 valence electrons. The minimum absolute atomic E-state index is 0.0132. The van der Waals surface area contributed by atoms with E-state index in [1.165, 1.54) is 0 Å². The highest BCUT2D eigenvalue weighted by Crippen LogP contribution is 2.45. The van der Waals surface area contributed by atoms with Gasteiger partial charge in [0.25, 0.3) is 17.7 Å². The minimum atomic E-state index is -1.35. The molecule has 2 amide bonds. The fraction of sp³-hybridized carbons (Fsp3) is 0.381. The molecule has 11 nitrogen and oxygen atoms in total. The molecule has 0 unspecified atom stereocenters. The van der Waals surface area contributed by atoms with E-state index in [4.69, 9.17) is 11.6 Å². The van der Waals surface area contributed by atoms with Crippen molar-refractivity contribution in [2.45, 2.75) is 43.9 Å². The first-order valence-electron chi connectivity index (χ1n) is 10.4. The third-order valence-corrected chi connectivity index (χ3v) is 6.03. The van der Waals surface area contributed by atoms with Crippen molar-refractivity contribution in [2.24, 2.45) is 15.2 Å². The van der Waals surface area contributed by atoms with Crippen molar-refractivity contribution in [1.82, 2.24) is 9.55 Å². The second-order valence-corrected chi connectivity index (χ2v) is 8.22. The molecule has 2 heterocycles. The number of aliphatic imine (C=N–C) groups is 1. The summed E-state index contributed by atoms with van der Waals surface area (Å²) in [6, 6.07) is 5.65. The topological polar surface area (TPSA) is 148 Å². The number of aromatic nitrogens is 2. The zero-order valence-corrected chi connectivity index (χ0v) is 18.5. The van der Waals surface area contributed by atoms with Gasteiger partial charge in [-0.3, -0.25) is 4.79 Å². The van der Waals surface area contributed by atoms with E-state index in [-0.39, 0.29) is 17.6 Å². The summed E-state index contributed by atoms with van der Waals surface area (Å²) in [5.41, 5.74) is -0.878. The summed E-state index contributed by atoms with van der Waals surface area (Å²) in [7, 11) is 1.13. The summed E-state index contributed by atoms with van der Waals surface area (Å²) in [6.07, 6.45) is 3.79. The second kappa shape index (κ2) is 9.10. The van der Waals surface area contributed by atoms with Gasteiger partial charge in [-0.25, -0.2) is 19.1 Å². The van der Waals surface area contributed by atoms with E-state index in [0.717, 1.165) is 24.5 Å². The van der Waals surface area contributed by atoms with Crippen LogP contribution < -0.4 is 5.32 Å². The summed E-state index contributed by atoms with van der Waals surface area (Å²) in [4.78, 5) is 45.8. The number of imidazole rings is 1. The summed E-state index contributed by atoms with van der Waals surface area (Å²) in [5, 5.41) is 21.8. The average molecular weight is 473 g/mol. The number of rotatable bonds is 4. The number of azo groups is 1. The Morgan fingerprint density at radius 3 is 2.42 bits per heavy atom. The lowest BCUT2D eigenvalue weighted by Crippen LogP contribution is -2.41. The molecule has 1 aromatic heterocycles. The van der Waals surface area contributed by atoms with Crippen LogP contribution in [0.1, 0.15) is 44.2 Å². The monoisotopic (exact) mass is 472 g/mol. The molecule has 1 aliphatic heterocycles. The zero-order valence-electron chi connectivity index (χ0n) is 17.7. The van der Waals surface area contributed by atoms with Crippen molar-refractivity contribution in [1.29, 1.82) is 0 Å². The van der Waals surface area contributed by atoms with Gasteiger partial charge < -0.3 is 15.2 Å². The van der Waals surface area contributed by atoms with E-state index in [1.54, 1.807) is 24.3 Å². The number of ether oxygens (including phenoxy) is 1. The van der Waals surface area contributed by atoms with E-state index in [9.17, 15) is 19.5 Å². The quantitative estimate of drug-likeness (QED) is 0.388. The van der Waals surface area contributed by atoms with E-state index in [1.807, 2.05) is 0 Å². The van der Waals surface area contributed by atoms with Gasteiger partial charge >= 0.3 is 12.0 Å². The lowest BCUT2D eigenvalue weighted by Gasteiger charge is -2.28. The Morgan fingerprint density at radius 1 is 1.12 bits per heavy atom. The first kappa shape index (κ1) is 22.6. The number of carbonyl (C=O) groups is 3. The number of fused-ring (bicyclic) bond motifs is 1. The van der Waals surface area contributed by atoms with Crippen molar-refractivity contribution in [3.05, 3.63) is 35.0 Å². The Balaban J connectivity index is 1.69. The van der Waals surface area contributed by atoms with Gasteiger partial charge in [-0.15, -0.1) is 10.2 Å². The second-order valence-electron chi connectivity index (χ2n) is 7.79. The van der Waals surface area contributed by atoms with Crippen LogP contribution in [0.3, 0.4) is 0 Å². The molecule has 0 atom stereocenters. The Labute approximate surface area is 193 Å². The van der Waals surface area contributed by atoms with Gasteiger partial charge in [0.15, 0.2) is 0 Å². The standard InChI is InChI=1S/C21H21ClN6O5/c1-33-17(31)15(29)21(10-4-2-3-5-11-21)14-16(30)28-18(24-14)26-27-19(28)25-20(32)23-13-8-6-12(22)7-9-13/h6-9,30H,2-5,10-11H2,1H3,(H,23,32). The number of aromatic hydroxyl groups is 1. The highest BCUT2D eigenvalue weighted by atomic mass is 35.5. The number of nitrogens with one attached hydrogen (secondary N) is 1. The predicted molar refractivity (Wildman–Crippen MR) is 118 cm³/mol. The van der Waals surface area contributed by atoms with E-state index in [2.05, 4.69) is 30.3 Å². The van der Waals surface area contributed by atoms with Crippen LogP contribution in [-0.2, 0) is 19.7 Å². The number of Topliss-reactive ketones (excluding diaryl/α,β-unsaturated/α-hetero) is 1. The van der Waals surface area contributed by atoms with Crippen molar-refractivity contribution in [2.75, 3.05) is 12.4 Å². The molecule has 4 rings (SSSR count). The van der Waals surface area contributed by atoms with Crippen molar-refractivity contribution in [3.8, 4) is 5.88 Å². The highest BCUT2D eigenvalue weighted by molar-refractivity contribution is 6.37. The molecule has 33 heavy (non-hydrogen) atoms. The number of urea groups is 1. The fourth-order valence-electron chi connectivity index (χ4n) is 4.15. The van der Waals surface area contributed by atoms with Crippen LogP contribution in [-0.4, -0.2) is 45.5 Å². The lowest BCUT2D eigenvalue weighted by atomic mass is 9.73. The maximum Gasteiger partial charge on any atom is 0.375 e. The van der Waals surface area contributed by atoms with Gasteiger partial charge in [-0.2, -0.15) is 4.99 Å². The maximum absolute atomic E-state index is 13.1. The number of carbonyl (C=O) groups excluding carboxylic acids is 3. The summed E-state index contributed by atoms with van der Waals surface area (Å²) in [6.45, 7) is 0. The van der Waals surface area contributed by atoms with Gasteiger partial charge in [0.2, 0.25) is 5.88 Å². The predicted octanol–water partition coefficient (Wildman–Crippen LogP) is 4.11. The molecule has 0 saturated heterocycles. The lowest BCUT2D eigenvalue weighted by molar-refractivity contribution is -0.154. The van der Waals surface area contributed by atoms with Crippen molar-refractivity contribution < 1.29 is 24.2 Å². The summed E-state index contributed by atoms with van der Waals surface area (Å²) < 4.78 is 5.75. The van der Waals surface area contributed by atoms with Gasteiger partial charge in [0.1, 0.15) is 5.69 Å². The van der Waals surface area contributed by atoms with E-state index in [0.29, 0.717) is 36.4 Å². The first-order valence-corrected chi connectivity index (χ1v) is 10.8.